The predicted octanol–water partition coefficient (Wildman–Crippen LogP) is 2.18. The van der Waals surface area contributed by atoms with E-state index in [0.29, 0.717) is 0 Å². The van der Waals surface area contributed by atoms with E-state index in [9.17, 15) is 8.42 Å². The molecule has 0 spiro atoms. The minimum atomic E-state index is -3.97. The molecule has 1 saturated carbocycles. The van der Waals surface area contributed by atoms with Crippen molar-refractivity contribution in [2.45, 2.75) is 63.8 Å². The first-order valence-electron chi connectivity index (χ1n) is 7.42. The Bertz CT molecular complexity index is 392. The van der Waals surface area contributed by atoms with E-state index < -0.39 is 10.3 Å². The lowest BCUT2D eigenvalue weighted by molar-refractivity contribution is 0.389. The molecule has 1 aliphatic carbocycles. The fraction of sp³-hybridized carbons (Fsp3) is 0.923. The van der Waals surface area contributed by atoms with Gasteiger partial charge < -0.3 is 4.90 Å². The molecule has 20 heavy (non-hydrogen) atoms. The van der Waals surface area contributed by atoms with Crippen LogP contribution in [0.5, 0.6) is 0 Å². The summed E-state index contributed by atoms with van der Waals surface area (Å²) in [5.41, 5.74) is 0. The standard InChI is InChI=1S/C7H14N2.C6H13NO3S/c1-9-6-4-2-3-5-7(9)8;8-11(9,10)7-6-4-2-1-3-5-6/h8H,2-6H2,1H3;6-7H,1-5H2,(H,8,9,10). The number of rotatable bonds is 2. The molecule has 118 valence electrons. The molecule has 0 amide bonds. The normalized spacial score (nSPS) is 21.9. The van der Waals surface area contributed by atoms with Gasteiger partial charge in [0, 0.05) is 26.1 Å². The maximum absolute atomic E-state index is 10.3. The fourth-order valence-electron chi connectivity index (χ4n) is 2.58. The number of likely N-dealkylation sites (tertiary alicyclic amines) is 1. The summed E-state index contributed by atoms with van der Waals surface area (Å²) in [5, 5.41) is 7.46. The van der Waals surface area contributed by atoms with Crippen molar-refractivity contribution in [2.24, 2.45) is 0 Å². The molecule has 2 fully saturated rings. The van der Waals surface area contributed by atoms with Crippen LogP contribution in [0.15, 0.2) is 0 Å². The maximum Gasteiger partial charge on any atom is 0.333 e. The zero-order valence-electron chi connectivity index (χ0n) is 12.3. The van der Waals surface area contributed by atoms with Gasteiger partial charge in [-0.2, -0.15) is 13.1 Å². The minimum absolute atomic E-state index is 0.0428. The van der Waals surface area contributed by atoms with Crippen molar-refractivity contribution < 1.29 is 13.0 Å². The van der Waals surface area contributed by atoms with Gasteiger partial charge >= 0.3 is 10.3 Å². The summed E-state index contributed by atoms with van der Waals surface area (Å²) in [7, 11) is -1.97. The largest absolute Gasteiger partial charge is 0.364 e. The molecule has 1 heterocycles. The third-order valence-electron chi connectivity index (χ3n) is 3.79. The highest BCUT2D eigenvalue weighted by Gasteiger charge is 2.17. The molecule has 0 aromatic heterocycles. The summed E-state index contributed by atoms with van der Waals surface area (Å²) in [6.45, 7) is 1.08. The summed E-state index contributed by atoms with van der Waals surface area (Å²) in [6.07, 6.45) is 9.72. The van der Waals surface area contributed by atoms with Gasteiger partial charge in [0.15, 0.2) is 0 Å². The Balaban J connectivity index is 0.000000204. The molecule has 0 atom stereocenters. The Hall–Kier alpha value is -0.660. The smallest absolute Gasteiger partial charge is 0.333 e. The summed E-state index contributed by atoms with van der Waals surface area (Å²) in [6, 6.07) is -0.0428. The summed E-state index contributed by atoms with van der Waals surface area (Å²) < 4.78 is 31.3. The van der Waals surface area contributed by atoms with Crippen molar-refractivity contribution in [2.75, 3.05) is 13.6 Å². The lowest BCUT2D eigenvalue weighted by Gasteiger charge is -2.20. The van der Waals surface area contributed by atoms with E-state index in [1.807, 2.05) is 11.9 Å². The molecule has 1 saturated heterocycles. The van der Waals surface area contributed by atoms with Gasteiger partial charge in [-0.25, -0.2) is 0 Å². The highest BCUT2D eigenvalue weighted by atomic mass is 32.2. The van der Waals surface area contributed by atoms with E-state index in [1.54, 1.807) is 0 Å². The quantitative estimate of drug-likeness (QED) is 0.682. The van der Waals surface area contributed by atoms with Crippen LogP contribution in [-0.4, -0.2) is 43.3 Å². The van der Waals surface area contributed by atoms with E-state index in [-0.39, 0.29) is 6.04 Å². The average Bonchev–Trinajstić information content (AvgIpc) is 2.55. The second kappa shape index (κ2) is 8.59. The van der Waals surface area contributed by atoms with Crippen LogP contribution < -0.4 is 4.72 Å². The monoisotopic (exact) mass is 305 g/mol. The maximum atomic E-state index is 10.3. The third-order valence-corrected chi connectivity index (χ3v) is 4.42. The third kappa shape index (κ3) is 7.81. The predicted molar refractivity (Wildman–Crippen MR) is 80.4 cm³/mol. The zero-order valence-corrected chi connectivity index (χ0v) is 13.1. The molecule has 0 radical (unpaired) electrons. The van der Waals surface area contributed by atoms with Gasteiger partial charge in [-0.3, -0.25) is 9.96 Å². The molecule has 7 heteroatoms. The van der Waals surface area contributed by atoms with Crippen molar-refractivity contribution >= 4 is 16.1 Å². The van der Waals surface area contributed by atoms with Crippen LogP contribution in [0.4, 0.5) is 0 Å². The Labute approximate surface area is 122 Å². The van der Waals surface area contributed by atoms with Crippen molar-refractivity contribution in [3.05, 3.63) is 0 Å². The van der Waals surface area contributed by atoms with Crippen LogP contribution >= 0.6 is 0 Å². The summed E-state index contributed by atoms with van der Waals surface area (Å²) in [5.74, 6) is 0.813. The van der Waals surface area contributed by atoms with Crippen molar-refractivity contribution in [1.29, 1.82) is 5.41 Å². The molecule has 2 aliphatic rings. The number of nitrogens with zero attached hydrogens (tertiary/aromatic N) is 1. The van der Waals surface area contributed by atoms with Gasteiger partial charge in [0.1, 0.15) is 0 Å². The van der Waals surface area contributed by atoms with Crippen LogP contribution in [0, 0.1) is 5.41 Å². The molecule has 1 aliphatic heterocycles. The molecule has 0 aromatic carbocycles. The Morgan fingerprint density at radius 3 is 2.35 bits per heavy atom. The summed E-state index contributed by atoms with van der Waals surface area (Å²) >= 11 is 0. The number of hydrogen-bond donors (Lipinski definition) is 3. The molecule has 3 N–H and O–H groups in total. The highest BCUT2D eigenvalue weighted by Crippen LogP contribution is 2.17. The summed E-state index contributed by atoms with van der Waals surface area (Å²) in [4.78, 5) is 2.05. The molecule has 0 unspecified atom stereocenters. The second-order valence-corrected chi connectivity index (χ2v) is 6.79. The lowest BCUT2D eigenvalue weighted by Crippen LogP contribution is -2.35. The Morgan fingerprint density at radius 2 is 1.75 bits per heavy atom. The first kappa shape index (κ1) is 17.4. The average molecular weight is 305 g/mol. The van der Waals surface area contributed by atoms with Crippen molar-refractivity contribution in [1.82, 2.24) is 9.62 Å². The van der Waals surface area contributed by atoms with E-state index in [2.05, 4.69) is 4.72 Å². The van der Waals surface area contributed by atoms with Gasteiger partial charge in [-0.15, -0.1) is 0 Å². The second-order valence-electron chi connectivity index (χ2n) is 5.61. The molecule has 0 aromatic rings. The lowest BCUT2D eigenvalue weighted by atomic mass is 9.96. The van der Waals surface area contributed by atoms with Crippen LogP contribution in [0.1, 0.15) is 57.8 Å². The van der Waals surface area contributed by atoms with Gasteiger partial charge in [-0.1, -0.05) is 25.7 Å². The molecule has 0 bridgehead atoms. The van der Waals surface area contributed by atoms with E-state index in [1.165, 1.54) is 25.7 Å². The Morgan fingerprint density at radius 1 is 1.15 bits per heavy atom. The van der Waals surface area contributed by atoms with Gasteiger partial charge in [-0.05, 0) is 25.7 Å². The number of nitrogens with one attached hydrogen (secondary N) is 2. The topological polar surface area (TPSA) is 93.5 Å². The Kier molecular flexibility index (Phi) is 7.47. The minimum Gasteiger partial charge on any atom is -0.364 e. The number of amidine groups is 1. The fourth-order valence-corrected chi connectivity index (χ4v) is 3.23. The van der Waals surface area contributed by atoms with Crippen LogP contribution in [0.25, 0.3) is 0 Å². The molecular weight excluding hydrogens is 278 g/mol. The first-order valence-corrected chi connectivity index (χ1v) is 8.86. The van der Waals surface area contributed by atoms with E-state index in [0.717, 1.165) is 44.5 Å². The molecular formula is C13H27N3O3S. The van der Waals surface area contributed by atoms with Crippen molar-refractivity contribution in [3.63, 3.8) is 0 Å². The van der Waals surface area contributed by atoms with E-state index >= 15 is 0 Å². The SMILES string of the molecule is CN1CCCCCC1=N.O=S(=O)(O)NC1CCCCC1. The van der Waals surface area contributed by atoms with E-state index in [4.69, 9.17) is 9.96 Å². The van der Waals surface area contributed by atoms with Crippen LogP contribution in [0.2, 0.25) is 0 Å². The van der Waals surface area contributed by atoms with Crippen LogP contribution in [-0.2, 0) is 10.3 Å². The van der Waals surface area contributed by atoms with Gasteiger partial charge in [0.05, 0.1) is 5.84 Å². The first-order chi connectivity index (χ1) is 9.38. The van der Waals surface area contributed by atoms with Crippen LogP contribution in [0.3, 0.4) is 0 Å². The number of hydrogen-bond acceptors (Lipinski definition) is 3. The highest BCUT2D eigenvalue weighted by molar-refractivity contribution is 7.83. The van der Waals surface area contributed by atoms with Gasteiger partial charge in [0.25, 0.3) is 0 Å². The zero-order chi connectivity index (χ0) is 15.0. The van der Waals surface area contributed by atoms with Gasteiger partial charge in [0.2, 0.25) is 0 Å². The molecule has 6 nitrogen and oxygen atoms in total. The van der Waals surface area contributed by atoms with Crippen molar-refractivity contribution in [3.8, 4) is 0 Å². The molecule has 2 rings (SSSR count).